The molecule has 0 amide bonds. The van der Waals surface area contributed by atoms with Gasteiger partial charge in [0, 0.05) is 10.9 Å². The summed E-state index contributed by atoms with van der Waals surface area (Å²) in [6, 6.07) is 9.90. The van der Waals surface area contributed by atoms with Gasteiger partial charge in [0.1, 0.15) is 0 Å². The molecule has 0 spiro atoms. The number of fused-ring (bicyclic) bond motifs is 2. The molecule has 0 fully saturated rings. The molecular formula is C16H13BrO4S. The summed E-state index contributed by atoms with van der Waals surface area (Å²) in [7, 11) is -3.55. The van der Waals surface area contributed by atoms with E-state index in [9.17, 15) is 13.2 Å². The summed E-state index contributed by atoms with van der Waals surface area (Å²) in [5.74, 6) is -1.60. The van der Waals surface area contributed by atoms with E-state index < -0.39 is 21.7 Å². The van der Waals surface area contributed by atoms with Crippen molar-refractivity contribution in [1.29, 1.82) is 0 Å². The molecule has 1 N–H and O–H groups in total. The molecule has 0 radical (unpaired) electrons. The van der Waals surface area contributed by atoms with Crippen molar-refractivity contribution >= 4 is 31.7 Å². The van der Waals surface area contributed by atoms with Crippen LogP contribution in [0, 0.1) is 0 Å². The molecule has 4 nitrogen and oxygen atoms in total. The van der Waals surface area contributed by atoms with E-state index in [-0.39, 0.29) is 4.90 Å². The van der Waals surface area contributed by atoms with Crippen molar-refractivity contribution in [2.75, 3.05) is 0 Å². The fraction of sp³-hybridized carbons (Fsp3) is 0.188. The fourth-order valence-corrected chi connectivity index (χ4v) is 4.78. The van der Waals surface area contributed by atoms with Crippen molar-refractivity contribution in [2.45, 2.75) is 29.1 Å². The summed E-state index contributed by atoms with van der Waals surface area (Å²) < 4.78 is 26.2. The maximum absolute atomic E-state index is 12.7. The van der Waals surface area contributed by atoms with E-state index in [1.807, 2.05) is 0 Å². The average molecular weight is 381 g/mol. The number of hydrogen-bond donors (Lipinski definition) is 1. The van der Waals surface area contributed by atoms with E-state index in [1.54, 1.807) is 37.3 Å². The third-order valence-electron chi connectivity index (χ3n) is 3.94. The minimum absolute atomic E-state index is 0.267. The van der Waals surface area contributed by atoms with Crippen LogP contribution < -0.4 is 0 Å². The molecule has 2 aromatic rings. The molecule has 6 heteroatoms. The Morgan fingerprint density at radius 3 is 2.36 bits per heavy atom. The molecule has 0 bridgehead atoms. The van der Waals surface area contributed by atoms with E-state index in [2.05, 4.69) is 15.9 Å². The van der Waals surface area contributed by atoms with E-state index in [0.717, 1.165) is 10.0 Å². The van der Waals surface area contributed by atoms with E-state index in [0.29, 0.717) is 22.4 Å². The van der Waals surface area contributed by atoms with E-state index in [1.165, 1.54) is 6.07 Å². The Bertz CT molecular complexity index is 887. The van der Waals surface area contributed by atoms with Gasteiger partial charge in [-0.1, -0.05) is 28.1 Å². The average Bonchev–Trinajstić information content (AvgIpc) is 2.45. The molecule has 3 rings (SSSR count). The van der Waals surface area contributed by atoms with Crippen molar-refractivity contribution in [3.63, 3.8) is 0 Å². The minimum Gasteiger partial charge on any atom is -0.481 e. The highest BCUT2D eigenvalue weighted by Crippen LogP contribution is 2.36. The van der Waals surface area contributed by atoms with Crippen LogP contribution in [-0.4, -0.2) is 19.5 Å². The monoisotopic (exact) mass is 380 g/mol. The van der Waals surface area contributed by atoms with Crippen LogP contribution in [0.15, 0.2) is 50.7 Å². The van der Waals surface area contributed by atoms with Gasteiger partial charge in [-0.3, -0.25) is 4.79 Å². The molecule has 22 heavy (non-hydrogen) atoms. The van der Waals surface area contributed by atoms with Gasteiger partial charge in [0.05, 0.1) is 15.7 Å². The number of hydrogen-bond acceptors (Lipinski definition) is 3. The SMILES string of the molecule is CC(C(=O)O)c1ccc2c(c1)Cc1cc(Br)ccc1S2(=O)=O. The van der Waals surface area contributed by atoms with Crippen molar-refractivity contribution in [1.82, 2.24) is 0 Å². The molecule has 114 valence electrons. The van der Waals surface area contributed by atoms with Crippen LogP contribution in [0.2, 0.25) is 0 Å². The van der Waals surface area contributed by atoms with Gasteiger partial charge >= 0.3 is 5.97 Å². The zero-order valence-electron chi connectivity index (χ0n) is 11.7. The molecule has 0 aliphatic carbocycles. The number of carboxylic acids is 1. The summed E-state index contributed by atoms with van der Waals surface area (Å²) in [4.78, 5) is 11.7. The lowest BCUT2D eigenvalue weighted by atomic mass is 9.96. The van der Waals surface area contributed by atoms with Crippen molar-refractivity contribution in [3.8, 4) is 0 Å². The summed E-state index contributed by atoms with van der Waals surface area (Å²) in [6.45, 7) is 1.59. The molecule has 0 saturated heterocycles. The molecule has 2 aromatic carbocycles. The Morgan fingerprint density at radius 2 is 1.73 bits per heavy atom. The predicted molar refractivity (Wildman–Crippen MR) is 84.9 cm³/mol. The standard InChI is InChI=1S/C16H13BrO4S/c1-9(16(18)19)10-2-4-14-11(6-10)7-12-8-13(17)3-5-15(12)22(14,20)21/h2-6,8-9H,7H2,1H3,(H,18,19). The maximum Gasteiger partial charge on any atom is 0.310 e. The Labute approximate surface area is 136 Å². The first-order chi connectivity index (χ1) is 10.3. The van der Waals surface area contributed by atoms with Gasteiger partial charge < -0.3 is 5.11 Å². The maximum atomic E-state index is 12.7. The zero-order valence-corrected chi connectivity index (χ0v) is 14.1. The second-order valence-corrected chi connectivity index (χ2v) is 8.16. The van der Waals surface area contributed by atoms with Crippen LogP contribution in [0.3, 0.4) is 0 Å². The van der Waals surface area contributed by atoms with E-state index in [4.69, 9.17) is 5.11 Å². The lowest BCUT2D eigenvalue weighted by molar-refractivity contribution is -0.138. The largest absolute Gasteiger partial charge is 0.481 e. The first-order valence-electron chi connectivity index (χ1n) is 6.70. The van der Waals surface area contributed by atoms with Crippen LogP contribution in [0.5, 0.6) is 0 Å². The Kier molecular flexibility index (Phi) is 3.61. The Balaban J connectivity index is 2.18. The third kappa shape index (κ3) is 2.36. The van der Waals surface area contributed by atoms with Gasteiger partial charge in [-0.25, -0.2) is 8.42 Å². The van der Waals surface area contributed by atoms with Crippen LogP contribution in [0.1, 0.15) is 29.5 Å². The Morgan fingerprint density at radius 1 is 1.14 bits per heavy atom. The molecule has 1 aliphatic heterocycles. The zero-order chi connectivity index (χ0) is 16.1. The molecule has 0 saturated carbocycles. The van der Waals surface area contributed by atoms with Gasteiger partial charge in [0.15, 0.2) is 0 Å². The number of carboxylic acid groups (broad SMARTS) is 1. The molecule has 1 heterocycles. The number of benzene rings is 2. The highest BCUT2D eigenvalue weighted by atomic mass is 79.9. The summed E-state index contributed by atoms with van der Waals surface area (Å²) in [5.41, 5.74) is 1.98. The fourth-order valence-electron chi connectivity index (χ4n) is 2.68. The van der Waals surface area contributed by atoms with E-state index >= 15 is 0 Å². The van der Waals surface area contributed by atoms with Crippen LogP contribution in [0.25, 0.3) is 0 Å². The molecular weight excluding hydrogens is 368 g/mol. The van der Waals surface area contributed by atoms with Crippen LogP contribution in [-0.2, 0) is 21.1 Å². The number of halogens is 1. The Hall–Kier alpha value is -1.66. The molecule has 1 unspecified atom stereocenters. The minimum atomic E-state index is -3.55. The molecule has 0 aromatic heterocycles. The van der Waals surface area contributed by atoms with Gasteiger partial charge in [0.25, 0.3) is 0 Å². The highest BCUT2D eigenvalue weighted by Gasteiger charge is 2.30. The normalized spacial score (nSPS) is 16.5. The highest BCUT2D eigenvalue weighted by molar-refractivity contribution is 9.10. The van der Waals surface area contributed by atoms with Gasteiger partial charge in [-0.15, -0.1) is 0 Å². The number of carbonyl (C=O) groups is 1. The smallest absolute Gasteiger partial charge is 0.310 e. The lowest BCUT2D eigenvalue weighted by Crippen LogP contribution is -2.16. The van der Waals surface area contributed by atoms with Crippen LogP contribution >= 0.6 is 15.9 Å². The first kappa shape index (κ1) is 15.2. The topological polar surface area (TPSA) is 71.4 Å². The number of aliphatic carboxylic acids is 1. The number of sulfone groups is 1. The van der Waals surface area contributed by atoms with Gasteiger partial charge in [-0.2, -0.15) is 0 Å². The number of rotatable bonds is 2. The molecule has 1 aliphatic rings. The van der Waals surface area contributed by atoms with Crippen molar-refractivity contribution in [2.24, 2.45) is 0 Å². The second kappa shape index (κ2) is 5.21. The first-order valence-corrected chi connectivity index (χ1v) is 8.97. The van der Waals surface area contributed by atoms with Crippen molar-refractivity contribution in [3.05, 3.63) is 57.6 Å². The summed E-state index contributed by atoms with van der Waals surface area (Å²) in [6.07, 6.45) is 0.476. The van der Waals surface area contributed by atoms with Gasteiger partial charge in [-0.05, 0) is 47.9 Å². The quantitative estimate of drug-likeness (QED) is 0.739. The predicted octanol–water partition coefficient (Wildman–Crippen LogP) is 3.37. The molecule has 1 atom stereocenters. The second-order valence-electron chi connectivity index (χ2n) is 5.36. The summed E-state index contributed by atoms with van der Waals surface area (Å²) in [5, 5.41) is 9.11. The van der Waals surface area contributed by atoms with Gasteiger partial charge in [0.2, 0.25) is 9.84 Å². The third-order valence-corrected chi connectivity index (χ3v) is 6.39. The van der Waals surface area contributed by atoms with Crippen LogP contribution in [0.4, 0.5) is 0 Å². The van der Waals surface area contributed by atoms with Crippen molar-refractivity contribution < 1.29 is 18.3 Å². The summed E-state index contributed by atoms with van der Waals surface area (Å²) >= 11 is 3.35. The lowest BCUT2D eigenvalue weighted by Gasteiger charge is -2.21.